The number of benzene rings is 1. The van der Waals surface area contributed by atoms with Crippen LogP contribution in [0.3, 0.4) is 0 Å². The van der Waals surface area contributed by atoms with Crippen molar-refractivity contribution in [2.75, 3.05) is 0 Å². The number of nitrogens with zero attached hydrogens (tertiary/aromatic N) is 1. The van der Waals surface area contributed by atoms with E-state index in [1.165, 1.54) is 0 Å². The van der Waals surface area contributed by atoms with Crippen LogP contribution in [0.25, 0.3) is 0 Å². The van der Waals surface area contributed by atoms with Crippen molar-refractivity contribution < 1.29 is 24.6 Å². The van der Waals surface area contributed by atoms with E-state index < -0.39 is 35.7 Å². The lowest BCUT2D eigenvalue weighted by Gasteiger charge is -2.30. The van der Waals surface area contributed by atoms with Gasteiger partial charge in [-0.25, -0.2) is 0 Å². The van der Waals surface area contributed by atoms with E-state index in [1.807, 2.05) is 30.3 Å². The summed E-state index contributed by atoms with van der Waals surface area (Å²) in [6.07, 6.45) is 1.25. The van der Waals surface area contributed by atoms with Crippen molar-refractivity contribution in [3.8, 4) is 0 Å². The number of hydrogen-bond acceptors (Lipinski definition) is 3. The van der Waals surface area contributed by atoms with Crippen molar-refractivity contribution in [3.63, 3.8) is 0 Å². The average Bonchev–Trinajstić information content (AvgIpc) is 3.03. The molecule has 6 nitrogen and oxygen atoms in total. The number of carboxylic acids is 2. The van der Waals surface area contributed by atoms with E-state index in [0.717, 1.165) is 5.56 Å². The maximum Gasteiger partial charge on any atom is 0.312 e. The van der Waals surface area contributed by atoms with E-state index in [-0.39, 0.29) is 5.91 Å². The van der Waals surface area contributed by atoms with Crippen molar-refractivity contribution in [1.82, 2.24) is 4.90 Å². The summed E-state index contributed by atoms with van der Waals surface area (Å²) in [4.78, 5) is 37.5. The Hall–Kier alpha value is -2.37. The van der Waals surface area contributed by atoms with E-state index in [0.29, 0.717) is 25.8 Å². The molecule has 1 heterocycles. The molecule has 0 aromatic heterocycles. The van der Waals surface area contributed by atoms with Gasteiger partial charge in [-0.2, -0.15) is 0 Å². The van der Waals surface area contributed by atoms with E-state index in [9.17, 15) is 19.5 Å². The highest BCUT2D eigenvalue weighted by atomic mass is 16.4. The Morgan fingerprint density at radius 2 is 1.91 bits per heavy atom. The van der Waals surface area contributed by atoms with Crippen LogP contribution in [0.5, 0.6) is 0 Å². The van der Waals surface area contributed by atoms with Gasteiger partial charge in [0.25, 0.3) is 0 Å². The molecule has 1 saturated carbocycles. The first-order valence-corrected chi connectivity index (χ1v) is 7.76. The third-order valence-electron chi connectivity index (χ3n) is 5.21. The lowest BCUT2D eigenvalue weighted by atomic mass is 9.72. The highest BCUT2D eigenvalue weighted by molar-refractivity contribution is 5.94. The topological polar surface area (TPSA) is 94.9 Å². The molecule has 0 bridgehead atoms. The molecule has 1 saturated heterocycles. The zero-order valence-corrected chi connectivity index (χ0v) is 12.6. The Morgan fingerprint density at radius 3 is 2.52 bits per heavy atom. The Balaban J connectivity index is 1.97. The number of fused-ring (bicyclic) bond motifs is 1. The summed E-state index contributed by atoms with van der Waals surface area (Å²) in [7, 11) is 0. The second-order valence-corrected chi connectivity index (χ2v) is 6.36. The normalized spacial score (nSPS) is 29.6. The van der Waals surface area contributed by atoms with Gasteiger partial charge < -0.3 is 15.1 Å². The number of carboxylic acid groups (broad SMARTS) is 2. The standard InChI is InChI=1S/C17H19NO5/c19-14(20)9-12-15(21)18(10-11-5-2-1-3-6-11)13-7-4-8-17(12,13)16(22)23/h1-3,5-6,12-13H,4,7-10H2,(H,19,20)(H,22,23)/t12-,13-,17-/m1/s1. The molecule has 3 rings (SSSR count). The fraction of sp³-hybridized carbons (Fsp3) is 0.471. The molecule has 1 aliphatic heterocycles. The smallest absolute Gasteiger partial charge is 0.312 e. The molecule has 1 amide bonds. The quantitative estimate of drug-likeness (QED) is 0.862. The first-order valence-electron chi connectivity index (χ1n) is 7.76. The van der Waals surface area contributed by atoms with Crippen molar-refractivity contribution in [2.24, 2.45) is 11.3 Å². The second-order valence-electron chi connectivity index (χ2n) is 6.36. The molecule has 1 aromatic rings. The molecular weight excluding hydrogens is 298 g/mol. The van der Waals surface area contributed by atoms with Crippen LogP contribution in [0, 0.1) is 11.3 Å². The third kappa shape index (κ3) is 2.38. The largest absolute Gasteiger partial charge is 0.481 e. The van der Waals surface area contributed by atoms with Crippen LogP contribution < -0.4 is 0 Å². The summed E-state index contributed by atoms with van der Waals surface area (Å²) in [5, 5.41) is 18.9. The highest BCUT2D eigenvalue weighted by Gasteiger charge is 2.65. The lowest BCUT2D eigenvalue weighted by molar-refractivity contribution is -0.155. The molecule has 2 aliphatic rings. The first-order chi connectivity index (χ1) is 11.0. The maximum atomic E-state index is 12.8. The molecule has 2 fully saturated rings. The van der Waals surface area contributed by atoms with Crippen LogP contribution in [0.1, 0.15) is 31.2 Å². The van der Waals surface area contributed by atoms with E-state index in [2.05, 4.69) is 0 Å². The van der Waals surface area contributed by atoms with Crippen LogP contribution in [-0.2, 0) is 20.9 Å². The van der Waals surface area contributed by atoms with E-state index in [1.54, 1.807) is 4.90 Å². The van der Waals surface area contributed by atoms with Gasteiger partial charge in [-0.1, -0.05) is 36.8 Å². The molecule has 0 spiro atoms. The van der Waals surface area contributed by atoms with Crippen LogP contribution in [0.15, 0.2) is 30.3 Å². The van der Waals surface area contributed by atoms with Crippen molar-refractivity contribution >= 4 is 17.8 Å². The van der Waals surface area contributed by atoms with Crippen LogP contribution in [0.2, 0.25) is 0 Å². The Bertz CT molecular complexity index is 644. The van der Waals surface area contributed by atoms with Crippen molar-refractivity contribution in [1.29, 1.82) is 0 Å². The first kappa shape index (κ1) is 15.5. The predicted octanol–water partition coefficient (Wildman–Crippen LogP) is 1.74. The van der Waals surface area contributed by atoms with Gasteiger partial charge in [-0.3, -0.25) is 14.4 Å². The molecule has 6 heteroatoms. The minimum Gasteiger partial charge on any atom is -0.481 e. The minimum absolute atomic E-state index is 0.329. The number of hydrogen-bond donors (Lipinski definition) is 2. The molecule has 1 aromatic carbocycles. The van der Waals surface area contributed by atoms with Gasteiger partial charge in [0, 0.05) is 12.6 Å². The number of carbonyl (C=O) groups is 3. The summed E-state index contributed by atoms with van der Waals surface area (Å²) < 4.78 is 0. The van der Waals surface area contributed by atoms with Gasteiger partial charge in [0.1, 0.15) is 5.41 Å². The van der Waals surface area contributed by atoms with Crippen molar-refractivity contribution in [3.05, 3.63) is 35.9 Å². The van der Waals surface area contributed by atoms with Gasteiger partial charge in [0.05, 0.1) is 12.3 Å². The van der Waals surface area contributed by atoms with Crippen molar-refractivity contribution in [2.45, 2.75) is 38.3 Å². The molecule has 0 radical (unpaired) electrons. The van der Waals surface area contributed by atoms with E-state index >= 15 is 0 Å². The number of carbonyl (C=O) groups excluding carboxylic acids is 1. The van der Waals surface area contributed by atoms with Gasteiger partial charge >= 0.3 is 11.9 Å². The lowest BCUT2D eigenvalue weighted by Crippen LogP contribution is -2.43. The molecule has 2 N–H and O–H groups in total. The third-order valence-corrected chi connectivity index (χ3v) is 5.21. The summed E-state index contributed by atoms with van der Waals surface area (Å²) in [6, 6.07) is 8.95. The van der Waals surface area contributed by atoms with Gasteiger partial charge in [-0.05, 0) is 18.4 Å². The number of aliphatic carboxylic acids is 2. The maximum absolute atomic E-state index is 12.8. The fourth-order valence-electron chi connectivity index (χ4n) is 4.24. The average molecular weight is 317 g/mol. The Kier molecular flexibility index (Phi) is 3.83. The van der Waals surface area contributed by atoms with Crippen LogP contribution >= 0.6 is 0 Å². The predicted molar refractivity (Wildman–Crippen MR) is 80.4 cm³/mol. The SMILES string of the molecule is O=C(O)C[C@@H]1C(=O)N(Cc2ccccc2)[C@@H]2CCC[C@@]12C(=O)O. The molecule has 1 aliphatic carbocycles. The molecule has 3 atom stereocenters. The highest BCUT2D eigenvalue weighted by Crippen LogP contribution is 2.54. The number of amides is 1. The zero-order valence-electron chi connectivity index (χ0n) is 12.6. The van der Waals surface area contributed by atoms with Crippen LogP contribution in [0.4, 0.5) is 0 Å². The van der Waals surface area contributed by atoms with Gasteiger partial charge in [0.2, 0.25) is 5.91 Å². The number of likely N-dealkylation sites (tertiary alicyclic amines) is 1. The monoisotopic (exact) mass is 317 g/mol. The van der Waals surface area contributed by atoms with Crippen LogP contribution in [-0.4, -0.2) is 39.0 Å². The van der Waals surface area contributed by atoms with E-state index in [4.69, 9.17) is 5.11 Å². The summed E-state index contributed by atoms with van der Waals surface area (Å²) in [6.45, 7) is 0.329. The zero-order chi connectivity index (χ0) is 16.6. The summed E-state index contributed by atoms with van der Waals surface area (Å²) in [5.74, 6) is -3.50. The fourth-order valence-corrected chi connectivity index (χ4v) is 4.24. The Morgan fingerprint density at radius 1 is 1.22 bits per heavy atom. The molecule has 0 unspecified atom stereocenters. The Labute approximate surface area is 133 Å². The molecule has 122 valence electrons. The minimum atomic E-state index is -1.26. The number of rotatable bonds is 5. The van der Waals surface area contributed by atoms with Gasteiger partial charge in [0.15, 0.2) is 0 Å². The molecule has 23 heavy (non-hydrogen) atoms. The summed E-state index contributed by atoms with van der Waals surface area (Å²) >= 11 is 0. The second kappa shape index (κ2) is 5.68. The summed E-state index contributed by atoms with van der Waals surface area (Å²) in [5.41, 5.74) is -0.340. The molecular formula is C17H19NO5. The van der Waals surface area contributed by atoms with Gasteiger partial charge in [-0.15, -0.1) is 0 Å².